The fraction of sp³-hybridized carbons (Fsp3) is 0.455. The maximum Gasteiger partial charge on any atom is 0.0949 e. The number of aryl methyl sites for hydroxylation is 1. The van der Waals surface area contributed by atoms with Crippen LogP contribution in [0, 0.1) is 6.92 Å². The predicted molar refractivity (Wildman–Crippen MR) is 52.7 cm³/mol. The molecule has 1 saturated heterocycles. The van der Waals surface area contributed by atoms with Crippen molar-refractivity contribution in [3.05, 3.63) is 35.4 Å². The van der Waals surface area contributed by atoms with Gasteiger partial charge in [0.15, 0.2) is 0 Å². The Bertz CT molecular complexity index is 327. The van der Waals surface area contributed by atoms with Gasteiger partial charge >= 0.3 is 0 Å². The van der Waals surface area contributed by atoms with Crippen LogP contribution in [-0.4, -0.2) is 19.6 Å². The van der Waals surface area contributed by atoms with Crippen LogP contribution in [-0.2, 0) is 4.74 Å². The summed E-state index contributed by atoms with van der Waals surface area (Å²) < 4.78 is 20.4. The van der Waals surface area contributed by atoms with E-state index in [0.29, 0.717) is 6.54 Å². The zero-order chi connectivity index (χ0) is 10.9. The Balaban J connectivity index is 2.04. The van der Waals surface area contributed by atoms with E-state index >= 15 is 0 Å². The lowest BCUT2D eigenvalue weighted by atomic mass is 10.1. The van der Waals surface area contributed by atoms with Crippen LogP contribution in [0.2, 0.25) is 0 Å². The van der Waals surface area contributed by atoms with E-state index in [1.165, 1.54) is 5.56 Å². The van der Waals surface area contributed by atoms with Gasteiger partial charge in [0, 0.05) is 15.8 Å². The molecule has 1 fully saturated rings. The molecule has 1 unspecified atom stereocenters. The maximum absolute atomic E-state index is 7.44. The summed E-state index contributed by atoms with van der Waals surface area (Å²) in [6, 6.07) is 8.15. The fourth-order valence-corrected chi connectivity index (χ4v) is 1.41. The molecule has 0 spiro atoms. The SMILES string of the molecule is [2H]C1([2H])COC(c2ccc(C)cc2)CN1. The Kier molecular flexibility index (Phi) is 1.97. The number of rotatable bonds is 1. The lowest BCUT2D eigenvalue weighted by Gasteiger charge is -2.23. The van der Waals surface area contributed by atoms with Gasteiger partial charge in [0.2, 0.25) is 0 Å². The second-order valence-electron chi connectivity index (χ2n) is 3.27. The topological polar surface area (TPSA) is 21.3 Å². The maximum atomic E-state index is 7.44. The molecule has 2 nitrogen and oxygen atoms in total. The summed E-state index contributed by atoms with van der Waals surface area (Å²) in [6.07, 6.45) is -0.0329. The van der Waals surface area contributed by atoms with Crippen LogP contribution in [0.25, 0.3) is 0 Å². The summed E-state index contributed by atoms with van der Waals surface area (Å²) in [7, 11) is 0. The molecular formula is C11H15NO. The molecule has 1 atom stereocenters. The third kappa shape index (κ3) is 2.08. The van der Waals surface area contributed by atoms with E-state index in [-0.39, 0.29) is 12.7 Å². The van der Waals surface area contributed by atoms with Crippen molar-refractivity contribution in [2.75, 3.05) is 19.6 Å². The van der Waals surface area contributed by atoms with Gasteiger partial charge in [-0.2, -0.15) is 0 Å². The number of ether oxygens (including phenoxy) is 1. The van der Waals surface area contributed by atoms with Crippen molar-refractivity contribution in [2.24, 2.45) is 0 Å². The van der Waals surface area contributed by atoms with Crippen molar-refractivity contribution in [3.8, 4) is 0 Å². The molecule has 0 bridgehead atoms. The molecule has 1 heterocycles. The van der Waals surface area contributed by atoms with Crippen LogP contribution >= 0.6 is 0 Å². The van der Waals surface area contributed by atoms with Crippen LogP contribution in [0.3, 0.4) is 0 Å². The molecule has 1 aromatic rings. The van der Waals surface area contributed by atoms with Gasteiger partial charge in [-0.05, 0) is 12.5 Å². The number of hydrogen-bond donors (Lipinski definition) is 1. The first kappa shape index (κ1) is 6.57. The minimum Gasteiger partial charge on any atom is -0.371 e. The van der Waals surface area contributed by atoms with E-state index in [9.17, 15) is 0 Å². The molecule has 1 aliphatic rings. The van der Waals surface area contributed by atoms with Gasteiger partial charge in [0.25, 0.3) is 0 Å². The number of benzene rings is 1. The summed E-state index contributed by atoms with van der Waals surface area (Å²) in [5.74, 6) is 0. The normalized spacial score (nSPS) is 29.2. The van der Waals surface area contributed by atoms with E-state index < -0.39 is 6.50 Å². The third-order valence-electron chi connectivity index (χ3n) is 2.22. The van der Waals surface area contributed by atoms with Gasteiger partial charge in [-0.1, -0.05) is 29.8 Å². The molecule has 1 aromatic carbocycles. The Morgan fingerprint density at radius 1 is 1.46 bits per heavy atom. The van der Waals surface area contributed by atoms with Gasteiger partial charge < -0.3 is 10.1 Å². The van der Waals surface area contributed by atoms with Crippen LogP contribution in [0.1, 0.15) is 20.0 Å². The second kappa shape index (κ2) is 3.90. The molecule has 0 amide bonds. The number of nitrogens with one attached hydrogen (secondary N) is 1. The quantitative estimate of drug-likeness (QED) is 0.708. The lowest BCUT2D eigenvalue weighted by molar-refractivity contribution is 0.0277. The van der Waals surface area contributed by atoms with Gasteiger partial charge in [-0.3, -0.25) is 0 Å². The monoisotopic (exact) mass is 179 g/mol. The highest BCUT2D eigenvalue weighted by atomic mass is 16.5. The summed E-state index contributed by atoms with van der Waals surface area (Å²) in [4.78, 5) is 0. The smallest absolute Gasteiger partial charge is 0.0949 e. The van der Waals surface area contributed by atoms with Gasteiger partial charge in [0.1, 0.15) is 0 Å². The molecule has 70 valence electrons. The third-order valence-corrected chi connectivity index (χ3v) is 2.22. The van der Waals surface area contributed by atoms with Crippen LogP contribution < -0.4 is 5.32 Å². The van der Waals surface area contributed by atoms with Crippen molar-refractivity contribution >= 4 is 0 Å². The molecule has 0 aromatic heterocycles. The first-order valence-electron chi connectivity index (χ1n) is 5.50. The Hall–Kier alpha value is -0.860. The molecule has 2 rings (SSSR count). The average Bonchev–Trinajstić information content (AvgIpc) is 2.20. The van der Waals surface area contributed by atoms with Gasteiger partial charge in [-0.15, -0.1) is 0 Å². The summed E-state index contributed by atoms with van der Waals surface area (Å²) in [5, 5.41) is 2.83. The molecule has 2 heteroatoms. The predicted octanol–water partition coefficient (Wildman–Crippen LogP) is 1.66. The summed E-state index contributed by atoms with van der Waals surface area (Å²) in [6.45, 7) is 1.28. The molecule has 1 N–H and O–H groups in total. The van der Waals surface area contributed by atoms with Crippen molar-refractivity contribution < 1.29 is 7.48 Å². The number of morpholine rings is 1. The van der Waals surface area contributed by atoms with Crippen LogP contribution in [0.5, 0.6) is 0 Å². The highest BCUT2D eigenvalue weighted by molar-refractivity contribution is 5.23. The van der Waals surface area contributed by atoms with Gasteiger partial charge in [0.05, 0.1) is 12.7 Å². The number of hydrogen-bond acceptors (Lipinski definition) is 2. The highest BCUT2D eigenvalue weighted by Gasteiger charge is 2.14. The largest absolute Gasteiger partial charge is 0.371 e. The molecule has 0 saturated carbocycles. The Labute approximate surface area is 81.7 Å². The molecule has 0 aliphatic carbocycles. The summed E-state index contributed by atoms with van der Waals surface area (Å²) >= 11 is 0. The zero-order valence-electron chi connectivity index (χ0n) is 9.71. The standard InChI is InChI=1S/C11H15NO/c1-9-2-4-10(5-3-9)11-8-12-6-7-13-11/h2-5,11-12H,6-8H2,1H3/i6D2. The first-order valence-corrected chi connectivity index (χ1v) is 4.50. The van der Waals surface area contributed by atoms with Crippen molar-refractivity contribution in [1.82, 2.24) is 5.32 Å². The first-order chi connectivity index (χ1) is 7.07. The van der Waals surface area contributed by atoms with Crippen molar-refractivity contribution in [3.63, 3.8) is 0 Å². The Morgan fingerprint density at radius 2 is 2.23 bits per heavy atom. The second-order valence-corrected chi connectivity index (χ2v) is 3.27. The molecule has 13 heavy (non-hydrogen) atoms. The average molecular weight is 179 g/mol. The zero-order valence-corrected chi connectivity index (χ0v) is 7.71. The highest BCUT2D eigenvalue weighted by Crippen LogP contribution is 2.18. The molecule has 0 radical (unpaired) electrons. The Morgan fingerprint density at radius 3 is 2.85 bits per heavy atom. The molecule has 1 aliphatic heterocycles. The lowest BCUT2D eigenvalue weighted by Crippen LogP contribution is -2.33. The van der Waals surface area contributed by atoms with E-state index in [0.717, 1.165) is 5.56 Å². The van der Waals surface area contributed by atoms with E-state index in [2.05, 4.69) is 5.32 Å². The minimum atomic E-state index is -1.39. The van der Waals surface area contributed by atoms with E-state index in [1.54, 1.807) is 0 Å². The minimum absolute atomic E-state index is 0.0329. The molecular weight excluding hydrogens is 162 g/mol. The van der Waals surface area contributed by atoms with Crippen LogP contribution in [0.4, 0.5) is 0 Å². The van der Waals surface area contributed by atoms with E-state index in [4.69, 9.17) is 7.48 Å². The fourth-order valence-electron chi connectivity index (χ4n) is 1.41. The van der Waals surface area contributed by atoms with Gasteiger partial charge in [-0.25, -0.2) is 0 Å². The van der Waals surface area contributed by atoms with E-state index in [1.807, 2.05) is 31.2 Å². The van der Waals surface area contributed by atoms with Crippen molar-refractivity contribution in [2.45, 2.75) is 13.0 Å². The van der Waals surface area contributed by atoms with Crippen molar-refractivity contribution in [1.29, 1.82) is 0 Å². The van der Waals surface area contributed by atoms with Crippen LogP contribution in [0.15, 0.2) is 24.3 Å². The summed E-state index contributed by atoms with van der Waals surface area (Å²) in [5.41, 5.74) is 2.32.